The number of hydrogen-bond donors (Lipinski definition) is 3. The third-order valence-corrected chi connectivity index (χ3v) is 1.53. The number of aliphatic hydroxyl groups is 2. The molecule has 6 nitrogen and oxygen atoms in total. The molecule has 72 valence electrons. The Bertz CT molecular complexity index is 336. The molecule has 0 fully saturated rings. The van der Waals surface area contributed by atoms with Crippen LogP contribution in [0.4, 0.5) is 5.95 Å². The van der Waals surface area contributed by atoms with Crippen LogP contribution in [-0.4, -0.2) is 32.5 Å². The van der Waals surface area contributed by atoms with Crippen LogP contribution in [0, 0.1) is 0 Å². The van der Waals surface area contributed by atoms with Crippen molar-refractivity contribution in [1.29, 1.82) is 0 Å². The molecule has 0 radical (unpaired) electrons. The summed E-state index contributed by atoms with van der Waals surface area (Å²) < 4.78 is 1.39. The number of aromatic nitrogens is 2. The SMILES string of the molecule is Nc1nc(=O)ccn1C[C@@H](O)CO. The highest BCUT2D eigenvalue weighted by molar-refractivity contribution is 5.15. The number of rotatable bonds is 3. The first-order chi connectivity index (χ1) is 6.13. The number of nitrogens with two attached hydrogens (primary N) is 1. The Hall–Kier alpha value is -1.40. The maximum Gasteiger partial charge on any atom is 0.274 e. The highest BCUT2D eigenvalue weighted by Crippen LogP contribution is 1.96. The molecule has 1 aromatic rings. The Kier molecular flexibility index (Phi) is 2.99. The van der Waals surface area contributed by atoms with Crippen LogP contribution in [0.1, 0.15) is 0 Å². The van der Waals surface area contributed by atoms with Crippen molar-refractivity contribution in [3.63, 3.8) is 0 Å². The van der Waals surface area contributed by atoms with Gasteiger partial charge in [0.1, 0.15) is 0 Å². The highest BCUT2D eigenvalue weighted by atomic mass is 16.3. The summed E-state index contributed by atoms with van der Waals surface area (Å²) in [5.41, 5.74) is 4.96. The summed E-state index contributed by atoms with van der Waals surface area (Å²) in [4.78, 5) is 14.1. The van der Waals surface area contributed by atoms with Gasteiger partial charge in [0.2, 0.25) is 5.95 Å². The topological polar surface area (TPSA) is 101 Å². The maximum atomic E-state index is 10.7. The van der Waals surface area contributed by atoms with Gasteiger partial charge in [-0.15, -0.1) is 0 Å². The molecule has 0 saturated carbocycles. The predicted molar refractivity (Wildman–Crippen MR) is 46.0 cm³/mol. The molecule has 0 aliphatic rings. The normalized spacial score (nSPS) is 12.8. The number of nitrogen functional groups attached to an aromatic ring is 1. The summed E-state index contributed by atoms with van der Waals surface area (Å²) in [6.45, 7) is -0.235. The largest absolute Gasteiger partial charge is 0.394 e. The van der Waals surface area contributed by atoms with Gasteiger partial charge in [-0.3, -0.25) is 4.79 Å². The maximum absolute atomic E-state index is 10.7. The summed E-state index contributed by atoms with van der Waals surface area (Å²) in [5, 5.41) is 17.6. The van der Waals surface area contributed by atoms with Crippen molar-refractivity contribution in [2.45, 2.75) is 12.6 Å². The van der Waals surface area contributed by atoms with Crippen molar-refractivity contribution in [3.8, 4) is 0 Å². The molecule has 6 heteroatoms. The fourth-order valence-corrected chi connectivity index (χ4v) is 0.884. The van der Waals surface area contributed by atoms with Gasteiger partial charge in [-0.25, -0.2) is 0 Å². The van der Waals surface area contributed by atoms with E-state index >= 15 is 0 Å². The molecule has 4 N–H and O–H groups in total. The average molecular weight is 185 g/mol. The second kappa shape index (κ2) is 4.01. The van der Waals surface area contributed by atoms with Crippen LogP contribution in [0.3, 0.4) is 0 Å². The third kappa shape index (κ3) is 2.53. The molecule has 0 saturated heterocycles. The minimum atomic E-state index is -0.897. The number of anilines is 1. The van der Waals surface area contributed by atoms with Gasteiger partial charge in [-0.1, -0.05) is 0 Å². The number of hydrogen-bond acceptors (Lipinski definition) is 5. The van der Waals surface area contributed by atoms with Gasteiger partial charge in [0.05, 0.1) is 19.3 Å². The first-order valence-electron chi connectivity index (χ1n) is 3.75. The Balaban J connectivity index is 2.83. The zero-order valence-corrected chi connectivity index (χ0v) is 6.92. The van der Waals surface area contributed by atoms with E-state index in [0.717, 1.165) is 0 Å². The quantitative estimate of drug-likeness (QED) is 0.514. The summed E-state index contributed by atoms with van der Waals surface area (Å²) in [6, 6.07) is 1.24. The molecule has 0 aliphatic carbocycles. The zero-order chi connectivity index (χ0) is 9.84. The summed E-state index contributed by atoms with van der Waals surface area (Å²) in [6.07, 6.45) is 0.524. The Labute approximate surface area is 74.3 Å². The van der Waals surface area contributed by atoms with Gasteiger partial charge in [0.15, 0.2) is 0 Å². The molecule has 0 aliphatic heterocycles. The Morgan fingerprint density at radius 2 is 2.38 bits per heavy atom. The van der Waals surface area contributed by atoms with E-state index in [-0.39, 0.29) is 19.1 Å². The van der Waals surface area contributed by atoms with E-state index in [2.05, 4.69) is 4.98 Å². The fourth-order valence-electron chi connectivity index (χ4n) is 0.884. The first-order valence-corrected chi connectivity index (χ1v) is 3.75. The molecule has 0 amide bonds. The molecular weight excluding hydrogens is 174 g/mol. The minimum absolute atomic E-state index is 0.0278. The van der Waals surface area contributed by atoms with Crippen LogP contribution in [0.15, 0.2) is 17.1 Å². The summed E-state index contributed by atoms with van der Waals surface area (Å²) in [5.74, 6) is 0.0278. The van der Waals surface area contributed by atoms with Gasteiger partial charge in [-0.05, 0) is 0 Å². The molecule has 13 heavy (non-hydrogen) atoms. The standard InChI is InChI=1S/C7H11N3O3/c8-7-9-6(13)1-2-10(7)3-5(12)4-11/h1-2,5,11-12H,3-4H2,(H2,8,9,13)/t5-/m1/s1. The molecule has 0 aromatic carbocycles. The molecule has 1 rings (SSSR count). The molecule has 1 heterocycles. The van der Waals surface area contributed by atoms with E-state index in [1.165, 1.54) is 16.8 Å². The predicted octanol–water partition coefficient (Wildman–Crippen LogP) is -1.82. The van der Waals surface area contributed by atoms with Crippen LogP contribution < -0.4 is 11.3 Å². The van der Waals surface area contributed by atoms with Crippen molar-refractivity contribution in [3.05, 3.63) is 22.6 Å². The Morgan fingerprint density at radius 3 is 2.92 bits per heavy atom. The van der Waals surface area contributed by atoms with E-state index in [0.29, 0.717) is 0 Å². The molecule has 0 bridgehead atoms. The van der Waals surface area contributed by atoms with E-state index < -0.39 is 11.7 Å². The molecular formula is C7H11N3O3. The van der Waals surface area contributed by atoms with Crippen molar-refractivity contribution in [1.82, 2.24) is 9.55 Å². The van der Waals surface area contributed by atoms with Crippen LogP contribution in [-0.2, 0) is 6.54 Å². The van der Waals surface area contributed by atoms with E-state index in [9.17, 15) is 4.79 Å². The van der Waals surface area contributed by atoms with E-state index in [4.69, 9.17) is 15.9 Å². The van der Waals surface area contributed by atoms with Gasteiger partial charge in [-0.2, -0.15) is 4.98 Å². The molecule has 1 aromatic heterocycles. The molecule has 0 unspecified atom stereocenters. The highest BCUT2D eigenvalue weighted by Gasteiger charge is 2.04. The minimum Gasteiger partial charge on any atom is -0.394 e. The van der Waals surface area contributed by atoms with Crippen molar-refractivity contribution < 1.29 is 10.2 Å². The van der Waals surface area contributed by atoms with Crippen LogP contribution in [0.5, 0.6) is 0 Å². The lowest BCUT2D eigenvalue weighted by Crippen LogP contribution is -2.24. The smallest absolute Gasteiger partial charge is 0.274 e. The van der Waals surface area contributed by atoms with Crippen LogP contribution >= 0.6 is 0 Å². The lowest BCUT2D eigenvalue weighted by atomic mass is 10.4. The summed E-state index contributed by atoms with van der Waals surface area (Å²) in [7, 11) is 0. The number of nitrogens with zero attached hydrogens (tertiary/aromatic N) is 2. The van der Waals surface area contributed by atoms with Gasteiger partial charge < -0.3 is 20.5 Å². The van der Waals surface area contributed by atoms with E-state index in [1.54, 1.807) is 0 Å². The van der Waals surface area contributed by atoms with Gasteiger partial charge in [0, 0.05) is 12.3 Å². The average Bonchev–Trinajstić information content (AvgIpc) is 2.09. The fraction of sp³-hybridized carbons (Fsp3) is 0.429. The molecule has 1 atom stereocenters. The second-order valence-corrected chi connectivity index (χ2v) is 2.61. The van der Waals surface area contributed by atoms with Crippen LogP contribution in [0.25, 0.3) is 0 Å². The summed E-state index contributed by atoms with van der Waals surface area (Å²) >= 11 is 0. The van der Waals surface area contributed by atoms with Gasteiger partial charge >= 0.3 is 0 Å². The third-order valence-electron chi connectivity index (χ3n) is 1.53. The van der Waals surface area contributed by atoms with E-state index in [1.807, 2.05) is 0 Å². The van der Waals surface area contributed by atoms with Crippen molar-refractivity contribution in [2.75, 3.05) is 12.3 Å². The monoisotopic (exact) mass is 185 g/mol. The first kappa shape index (κ1) is 9.69. The molecule has 0 spiro atoms. The number of aliphatic hydroxyl groups excluding tert-OH is 2. The van der Waals surface area contributed by atoms with Gasteiger partial charge in [0.25, 0.3) is 5.56 Å². The lowest BCUT2D eigenvalue weighted by Gasteiger charge is -2.11. The van der Waals surface area contributed by atoms with Crippen molar-refractivity contribution >= 4 is 5.95 Å². The lowest BCUT2D eigenvalue weighted by molar-refractivity contribution is 0.0813. The Morgan fingerprint density at radius 1 is 1.69 bits per heavy atom. The van der Waals surface area contributed by atoms with Crippen LogP contribution in [0.2, 0.25) is 0 Å². The second-order valence-electron chi connectivity index (χ2n) is 2.61. The van der Waals surface area contributed by atoms with Crippen molar-refractivity contribution in [2.24, 2.45) is 0 Å². The zero-order valence-electron chi connectivity index (χ0n) is 6.92.